The van der Waals surface area contributed by atoms with Crippen LogP contribution < -0.4 is 15.0 Å². The van der Waals surface area contributed by atoms with E-state index in [2.05, 4.69) is 27.1 Å². The zero-order valence-electron chi connectivity index (χ0n) is 16.6. The number of halogens is 1. The van der Waals surface area contributed by atoms with E-state index in [0.717, 1.165) is 43.1 Å². The van der Waals surface area contributed by atoms with Crippen molar-refractivity contribution in [1.82, 2.24) is 15.2 Å². The number of carbonyl (C=O) groups is 1. The van der Waals surface area contributed by atoms with Crippen LogP contribution in [-0.2, 0) is 11.3 Å². The highest BCUT2D eigenvalue weighted by molar-refractivity contribution is 6.30. The summed E-state index contributed by atoms with van der Waals surface area (Å²) in [5.41, 5.74) is 1.86. The van der Waals surface area contributed by atoms with Crippen LogP contribution in [-0.4, -0.2) is 55.1 Å². The van der Waals surface area contributed by atoms with Gasteiger partial charge in [-0.3, -0.25) is 4.79 Å². The molecule has 1 aromatic carbocycles. The molecular formula is C21H27ClN4O2. The smallest absolute Gasteiger partial charge is 0.261 e. The molecule has 7 heteroatoms. The molecule has 1 atom stereocenters. The number of nitrogens with one attached hydrogen (secondary N) is 1. The lowest BCUT2D eigenvalue weighted by atomic mass is 10.2. The van der Waals surface area contributed by atoms with E-state index in [1.54, 1.807) is 19.1 Å². The number of hydrogen-bond donors (Lipinski definition) is 1. The van der Waals surface area contributed by atoms with Gasteiger partial charge >= 0.3 is 0 Å². The molecule has 1 unspecified atom stereocenters. The summed E-state index contributed by atoms with van der Waals surface area (Å²) >= 11 is 5.95. The topological polar surface area (TPSA) is 57.7 Å². The molecule has 150 valence electrons. The van der Waals surface area contributed by atoms with E-state index in [-0.39, 0.29) is 5.91 Å². The Bertz CT molecular complexity index is 805. The second kappa shape index (κ2) is 9.26. The molecule has 2 aromatic rings. The van der Waals surface area contributed by atoms with Gasteiger partial charge in [-0.05, 0) is 56.3 Å². The number of ether oxygens (including phenoxy) is 1. The normalized spacial score (nSPS) is 15.9. The van der Waals surface area contributed by atoms with Crippen LogP contribution in [0.4, 0.5) is 5.82 Å². The molecule has 1 aliphatic heterocycles. The van der Waals surface area contributed by atoms with Gasteiger partial charge in [0.1, 0.15) is 11.6 Å². The third kappa shape index (κ3) is 5.36. The van der Waals surface area contributed by atoms with Crippen molar-refractivity contribution in [1.29, 1.82) is 0 Å². The van der Waals surface area contributed by atoms with Crippen molar-refractivity contribution in [2.75, 3.05) is 38.1 Å². The minimum atomic E-state index is -0.600. The van der Waals surface area contributed by atoms with Crippen LogP contribution in [0, 0.1) is 6.92 Å². The van der Waals surface area contributed by atoms with Crippen molar-refractivity contribution in [2.24, 2.45) is 0 Å². The van der Waals surface area contributed by atoms with Gasteiger partial charge in [0.15, 0.2) is 6.10 Å². The second-order valence-electron chi connectivity index (χ2n) is 7.20. The van der Waals surface area contributed by atoms with Crippen LogP contribution in [0.2, 0.25) is 5.02 Å². The molecule has 3 rings (SSSR count). The lowest BCUT2D eigenvalue weighted by Gasteiger charge is -2.33. The first-order valence-corrected chi connectivity index (χ1v) is 9.89. The van der Waals surface area contributed by atoms with Crippen LogP contribution in [0.15, 0.2) is 36.5 Å². The zero-order chi connectivity index (χ0) is 20.1. The molecule has 1 aliphatic rings. The zero-order valence-corrected chi connectivity index (χ0v) is 17.4. The Kier molecular flexibility index (Phi) is 6.75. The fourth-order valence-electron chi connectivity index (χ4n) is 3.07. The molecule has 0 aliphatic carbocycles. The highest BCUT2D eigenvalue weighted by Crippen LogP contribution is 2.22. The molecule has 0 bridgehead atoms. The average molecular weight is 403 g/mol. The Morgan fingerprint density at radius 2 is 2.00 bits per heavy atom. The number of amides is 1. The molecule has 0 radical (unpaired) electrons. The number of rotatable bonds is 6. The van der Waals surface area contributed by atoms with E-state index < -0.39 is 6.10 Å². The summed E-state index contributed by atoms with van der Waals surface area (Å²) in [7, 11) is 2.13. The predicted molar refractivity (Wildman–Crippen MR) is 112 cm³/mol. The van der Waals surface area contributed by atoms with Crippen molar-refractivity contribution in [3.05, 3.63) is 52.7 Å². The Balaban J connectivity index is 1.49. The summed E-state index contributed by atoms with van der Waals surface area (Å²) in [5.74, 6) is 1.47. The molecule has 1 aromatic heterocycles. The number of aryl methyl sites for hydroxylation is 1. The lowest BCUT2D eigenvalue weighted by molar-refractivity contribution is -0.127. The maximum atomic E-state index is 12.3. The van der Waals surface area contributed by atoms with Crippen LogP contribution in [0.25, 0.3) is 0 Å². The summed E-state index contributed by atoms with van der Waals surface area (Å²) in [5, 5.41) is 3.55. The summed E-state index contributed by atoms with van der Waals surface area (Å²) < 4.78 is 5.76. The highest BCUT2D eigenvalue weighted by Gasteiger charge is 2.17. The summed E-state index contributed by atoms with van der Waals surface area (Å²) in [6.07, 6.45) is 1.22. The molecule has 0 spiro atoms. The van der Waals surface area contributed by atoms with Gasteiger partial charge < -0.3 is 19.9 Å². The third-order valence-electron chi connectivity index (χ3n) is 4.91. The van der Waals surface area contributed by atoms with E-state index >= 15 is 0 Å². The average Bonchev–Trinajstić information content (AvgIpc) is 2.69. The predicted octanol–water partition coefficient (Wildman–Crippen LogP) is 2.88. The highest BCUT2D eigenvalue weighted by atomic mass is 35.5. The Hall–Kier alpha value is -2.31. The van der Waals surface area contributed by atoms with Crippen molar-refractivity contribution in [3.8, 4) is 5.75 Å². The van der Waals surface area contributed by atoms with Gasteiger partial charge in [-0.15, -0.1) is 0 Å². The van der Waals surface area contributed by atoms with Gasteiger partial charge in [-0.2, -0.15) is 0 Å². The number of likely N-dealkylation sites (N-methyl/N-ethyl adjacent to an activating group) is 1. The number of anilines is 1. The minimum Gasteiger partial charge on any atom is -0.481 e. The standard InChI is InChI=1S/C21H27ClN4O2/c1-15-12-18(22)5-6-19(15)28-16(2)21(27)24-14-17-4-7-20(23-13-17)26-10-8-25(3)9-11-26/h4-7,12-13,16H,8-11,14H2,1-3H3,(H,24,27). The van der Waals surface area contributed by atoms with Crippen LogP contribution in [0.1, 0.15) is 18.1 Å². The van der Waals surface area contributed by atoms with Gasteiger partial charge in [0, 0.05) is 43.9 Å². The Morgan fingerprint density at radius 1 is 1.25 bits per heavy atom. The van der Waals surface area contributed by atoms with E-state index in [4.69, 9.17) is 16.3 Å². The summed E-state index contributed by atoms with van der Waals surface area (Å²) in [4.78, 5) is 21.5. The first kappa shape index (κ1) is 20.4. The van der Waals surface area contributed by atoms with Crippen molar-refractivity contribution < 1.29 is 9.53 Å². The largest absolute Gasteiger partial charge is 0.481 e. The summed E-state index contributed by atoms with van der Waals surface area (Å²) in [6.45, 7) is 8.12. The number of pyridine rings is 1. The molecular weight excluding hydrogens is 376 g/mol. The summed E-state index contributed by atoms with van der Waals surface area (Å²) in [6, 6.07) is 9.37. The fourth-order valence-corrected chi connectivity index (χ4v) is 3.29. The van der Waals surface area contributed by atoms with E-state index in [0.29, 0.717) is 17.3 Å². The SMILES string of the molecule is Cc1cc(Cl)ccc1OC(C)C(=O)NCc1ccc(N2CCN(C)CC2)nc1. The van der Waals surface area contributed by atoms with Crippen LogP contribution in [0.3, 0.4) is 0 Å². The van der Waals surface area contributed by atoms with Gasteiger partial charge in [0.2, 0.25) is 0 Å². The van der Waals surface area contributed by atoms with Crippen molar-refractivity contribution in [3.63, 3.8) is 0 Å². The maximum Gasteiger partial charge on any atom is 0.261 e. The maximum absolute atomic E-state index is 12.3. The molecule has 2 heterocycles. The molecule has 1 amide bonds. The number of nitrogens with zero attached hydrogens (tertiary/aromatic N) is 3. The van der Waals surface area contributed by atoms with Gasteiger partial charge in [-0.1, -0.05) is 17.7 Å². The minimum absolute atomic E-state index is 0.169. The van der Waals surface area contributed by atoms with E-state index in [9.17, 15) is 4.79 Å². The molecule has 6 nitrogen and oxygen atoms in total. The number of benzene rings is 1. The van der Waals surface area contributed by atoms with E-state index in [1.807, 2.05) is 31.3 Å². The van der Waals surface area contributed by atoms with Crippen LogP contribution >= 0.6 is 11.6 Å². The Labute approximate surface area is 171 Å². The fraction of sp³-hybridized carbons (Fsp3) is 0.429. The third-order valence-corrected chi connectivity index (χ3v) is 5.15. The second-order valence-corrected chi connectivity index (χ2v) is 7.64. The molecule has 1 N–H and O–H groups in total. The quantitative estimate of drug-likeness (QED) is 0.805. The number of hydrogen-bond acceptors (Lipinski definition) is 5. The van der Waals surface area contributed by atoms with Gasteiger partial charge in [0.25, 0.3) is 5.91 Å². The number of aromatic nitrogens is 1. The first-order chi connectivity index (χ1) is 13.4. The number of carbonyl (C=O) groups excluding carboxylic acids is 1. The molecule has 1 saturated heterocycles. The van der Waals surface area contributed by atoms with E-state index in [1.165, 1.54) is 0 Å². The molecule has 28 heavy (non-hydrogen) atoms. The van der Waals surface area contributed by atoms with Crippen LogP contribution in [0.5, 0.6) is 5.75 Å². The van der Waals surface area contributed by atoms with Crippen molar-refractivity contribution in [2.45, 2.75) is 26.5 Å². The first-order valence-electron chi connectivity index (χ1n) is 9.51. The molecule has 0 saturated carbocycles. The number of piperazine rings is 1. The lowest BCUT2D eigenvalue weighted by Crippen LogP contribution is -2.44. The molecule has 1 fully saturated rings. The van der Waals surface area contributed by atoms with Crippen molar-refractivity contribution >= 4 is 23.3 Å². The van der Waals surface area contributed by atoms with Gasteiger partial charge in [-0.25, -0.2) is 4.98 Å². The monoisotopic (exact) mass is 402 g/mol. The Morgan fingerprint density at radius 3 is 2.64 bits per heavy atom. The van der Waals surface area contributed by atoms with Gasteiger partial charge in [0.05, 0.1) is 0 Å².